The normalized spacial score (nSPS) is 18.6. The Balaban J connectivity index is 1.41. The van der Waals surface area contributed by atoms with Crippen molar-refractivity contribution in [2.24, 2.45) is 0 Å². The van der Waals surface area contributed by atoms with Crippen molar-refractivity contribution in [3.8, 4) is 17.2 Å². The molecule has 1 fully saturated rings. The van der Waals surface area contributed by atoms with Gasteiger partial charge < -0.3 is 19.5 Å². The lowest BCUT2D eigenvalue weighted by molar-refractivity contribution is -0.129. The van der Waals surface area contributed by atoms with Gasteiger partial charge in [-0.05, 0) is 48.2 Å². The van der Waals surface area contributed by atoms with Crippen LogP contribution in [0.1, 0.15) is 29.0 Å². The number of benzene rings is 2. The summed E-state index contributed by atoms with van der Waals surface area (Å²) in [5.41, 5.74) is 2.93. The Morgan fingerprint density at radius 2 is 2.04 bits per heavy atom. The molecule has 0 aromatic heterocycles. The maximum absolute atomic E-state index is 12.6. The van der Waals surface area contributed by atoms with Crippen molar-refractivity contribution in [1.29, 1.82) is 0 Å². The van der Waals surface area contributed by atoms with Crippen LogP contribution >= 0.6 is 0 Å². The molecular formula is C20H21NO4. The van der Waals surface area contributed by atoms with E-state index in [1.807, 2.05) is 36.1 Å². The third-order valence-electron chi connectivity index (χ3n) is 5.03. The van der Waals surface area contributed by atoms with E-state index in [0.29, 0.717) is 12.3 Å². The summed E-state index contributed by atoms with van der Waals surface area (Å²) in [5.74, 6) is 2.31. The maximum atomic E-state index is 12.6. The summed E-state index contributed by atoms with van der Waals surface area (Å²) in [6.07, 6.45) is 1.33. The highest BCUT2D eigenvalue weighted by atomic mass is 16.7. The third kappa shape index (κ3) is 3.14. The number of aromatic hydroxyl groups is 1. The molecule has 0 aliphatic carbocycles. The van der Waals surface area contributed by atoms with Gasteiger partial charge >= 0.3 is 0 Å². The van der Waals surface area contributed by atoms with Gasteiger partial charge in [-0.15, -0.1) is 0 Å². The monoisotopic (exact) mass is 339 g/mol. The second kappa shape index (κ2) is 6.31. The molecule has 2 aromatic carbocycles. The minimum absolute atomic E-state index is 0.133. The number of amides is 1. The molecule has 1 amide bonds. The highest BCUT2D eigenvalue weighted by Gasteiger charge is 2.28. The number of phenols is 1. The minimum atomic E-state index is 0.133. The molecule has 0 spiro atoms. The molecule has 1 N–H and O–H groups in total. The third-order valence-corrected chi connectivity index (χ3v) is 5.03. The van der Waals surface area contributed by atoms with Gasteiger partial charge in [0.2, 0.25) is 12.7 Å². The van der Waals surface area contributed by atoms with E-state index in [0.717, 1.165) is 42.1 Å². The van der Waals surface area contributed by atoms with Crippen LogP contribution in [0, 0.1) is 6.92 Å². The summed E-state index contributed by atoms with van der Waals surface area (Å²) in [7, 11) is 0. The molecule has 5 nitrogen and oxygen atoms in total. The molecule has 2 aliphatic heterocycles. The quantitative estimate of drug-likeness (QED) is 0.934. The molecule has 25 heavy (non-hydrogen) atoms. The van der Waals surface area contributed by atoms with Gasteiger partial charge in [-0.1, -0.05) is 18.2 Å². The number of aryl methyl sites for hydroxylation is 1. The number of rotatable bonds is 3. The molecule has 5 heteroatoms. The molecular weight excluding hydrogens is 318 g/mol. The van der Waals surface area contributed by atoms with E-state index in [4.69, 9.17) is 9.47 Å². The van der Waals surface area contributed by atoms with Gasteiger partial charge in [-0.25, -0.2) is 0 Å². The van der Waals surface area contributed by atoms with E-state index < -0.39 is 0 Å². The van der Waals surface area contributed by atoms with E-state index in [-0.39, 0.29) is 18.4 Å². The number of phenolic OH excluding ortho intramolecular Hbond substituents is 1. The number of hydrogen-bond acceptors (Lipinski definition) is 4. The smallest absolute Gasteiger partial charge is 0.231 e. The molecule has 2 aromatic rings. The van der Waals surface area contributed by atoms with Gasteiger partial charge in [0.05, 0.1) is 6.42 Å². The fraction of sp³-hybridized carbons (Fsp3) is 0.350. The van der Waals surface area contributed by atoms with Gasteiger partial charge in [-0.3, -0.25) is 4.79 Å². The summed E-state index contributed by atoms with van der Waals surface area (Å²) in [5, 5.41) is 9.60. The SMILES string of the molecule is Cc1cc(CC(=O)N2CC[C@H](c3ccc4c(c3)OCO4)C2)ccc1O. The van der Waals surface area contributed by atoms with Crippen molar-refractivity contribution in [3.63, 3.8) is 0 Å². The number of fused-ring (bicyclic) bond motifs is 1. The first-order valence-electron chi connectivity index (χ1n) is 8.56. The molecule has 0 unspecified atom stereocenters. The van der Waals surface area contributed by atoms with Crippen molar-refractivity contribution in [1.82, 2.24) is 4.90 Å². The zero-order chi connectivity index (χ0) is 17.4. The number of ether oxygens (including phenoxy) is 2. The van der Waals surface area contributed by atoms with Gasteiger partial charge in [0.15, 0.2) is 11.5 Å². The Bertz CT molecular complexity index is 817. The molecule has 2 heterocycles. The van der Waals surface area contributed by atoms with Crippen LogP contribution in [0.25, 0.3) is 0 Å². The number of carbonyl (C=O) groups is 1. The Morgan fingerprint density at radius 1 is 1.20 bits per heavy atom. The fourth-order valence-electron chi connectivity index (χ4n) is 3.54. The molecule has 1 atom stereocenters. The Morgan fingerprint density at radius 3 is 2.88 bits per heavy atom. The van der Waals surface area contributed by atoms with Crippen LogP contribution in [0.15, 0.2) is 36.4 Å². The predicted octanol–water partition coefficient (Wildman–Crippen LogP) is 2.99. The molecule has 2 aliphatic rings. The zero-order valence-corrected chi connectivity index (χ0v) is 14.2. The Hall–Kier alpha value is -2.69. The number of carbonyl (C=O) groups excluding carboxylic acids is 1. The predicted molar refractivity (Wildman–Crippen MR) is 93.1 cm³/mol. The number of likely N-dealkylation sites (tertiary alicyclic amines) is 1. The van der Waals surface area contributed by atoms with Gasteiger partial charge in [-0.2, -0.15) is 0 Å². The lowest BCUT2D eigenvalue weighted by Gasteiger charge is -2.17. The molecule has 0 saturated carbocycles. The first-order valence-corrected chi connectivity index (χ1v) is 8.56. The summed E-state index contributed by atoms with van der Waals surface area (Å²) in [4.78, 5) is 14.5. The Labute approximate surface area is 146 Å². The van der Waals surface area contributed by atoms with E-state index in [1.165, 1.54) is 5.56 Å². The second-order valence-electron chi connectivity index (χ2n) is 6.74. The van der Waals surface area contributed by atoms with E-state index in [2.05, 4.69) is 6.07 Å². The first kappa shape index (κ1) is 15.8. The van der Waals surface area contributed by atoms with Gasteiger partial charge in [0.25, 0.3) is 0 Å². The molecule has 4 rings (SSSR count). The molecule has 0 bridgehead atoms. The Kier molecular flexibility index (Phi) is 3.99. The van der Waals surface area contributed by atoms with Crippen LogP contribution < -0.4 is 9.47 Å². The summed E-state index contributed by atoms with van der Waals surface area (Å²) in [6.45, 7) is 3.62. The fourth-order valence-corrected chi connectivity index (χ4v) is 3.54. The zero-order valence-electron chi connectivity index (χ0n) is 14.2. The number of hydrogen-bond donors (Lipinski definition) is 1. The molecule has 130 valence electrons. The van der Waals surface area contributed by atoms with Gasteiger partial charge in [0, 0.05) is 19.0 Å². The average Bonchev–Trinajstić information content (AvgIpc) is 3.26. The highest BCUT2D eigenvalue weighted by Crippen LogP contribution is 2.37. The first-order chi connectivity index (χ1) is 12.1. The summed E-state index contributed by atoms with van der Waals surface area (Å²) >= 11 is 0. The largest absolute Gasteiger partial charge is 0.508 e. The molecule has 0 radical (unpaired) electrons. The lowest BCUT2D eigenvalue weighted by Crippen LogP contribution is -2.29. The van der Waals surface area contributed by atoms with Crippen molar-refractivity contribution in [3.05, 3.63) is 53.1 Å². The highest BCUT2D eigenvalue weighted by molar-refractivity contribution is 5.79. The van der Waals surface area contributed by atoms with Gasteiger partial charge in [0.1, 0.15) is 5.75 Å². The standard InChI is InChI=1S/C20H21NO4/c1-13-8-14(2-4-17(13)22)9-20(23)21-7-6-16(11-21)15-3-5-18-19(10-15)25-12-24-18/h2-5,8,10,16,22H,6-7,9,11-12H2,1H3/t16-/m0/s1. The van der Waals surface area contributed by atoms with E-state index in [9.17, 15) is 9.90 Å². The summed E-state index contributed by atoms with van der Waals surface area (Å²) in [6, 6.07) is 11.4. The molecule has 1 saturated heterocycles. The van der Waals surface area contributed by atoms with Crippen LogP contribution in [0.5, 0.6) is 17.2 Å². The average molecular weight is 339 g/mol. The van der Waals surface area contributed by atoms with E-state index >= 15 is 0 Å². The van der Waals surface area contributed by atoms with Crippen molar-refractivity contribution in [2.75, 3.05) is 19.9 Å². The lowest BCUT2D eigenvalue weighted by atomic mass is 9.98. The van der Waals surface area contributed by atoms with Crippen molar-refractivity contribution in [2.45, 2.75) is 25.7 Å². The topological polar surface area (TPSA) is 59.0 Å². The van der Waals surface area contributed by atoms with Crippen LogP contribution in [0.2, 0.25) is 0 Å². The van der Waals surface area contributed by atoms with Crippen LogP contribution in [-0.4, -0.2) is 35.8 Å². The van der Waals surface area contributed by atoms with Crippen molar-refractivity contribution >= 4 is 5.91 Å². The second-order valence-corrected chi connectivity index (χ2v) is 6.74. The van der Waals surface area contributed by atoms with Crippen molar-refractivity contribution < 1.29 is 19.4 Å². The summed E-state index contributed by atoms with van der Waals surface area (Å²) < 4.78 is 10.8. The van der Waals surface area contributed by atoms with Crippen LogP contribution in [0.4, 0.5) is 0 Å². The number of nitrogens with zero attached hydrogens (tertiary/aromatic N) is 1. The van der Waals surface area contributed by atoms with E-state index in [1.54, 1.807) is 6.07 Å². The van der Waals surface area contributed by atoms with Crippen LogP contribution in [-0.2, 0) is 11.2 Å². The minimum Gasteiger partial charge on any atom is -0.508 e. The maximum Gasteiger partial charge on any atom is 0.231 e. The van der Waals surface area contributed by atoms with Crippen LogP contribution in [0.3, 0.4) is 0 Å².